The zero-order chi connectivity index (χ0) is 10.5. The highest BCUT2D eigenvalue weighted by Crippen LogP contribution is 2.11. The van der Waals surface area contributed by atoms with E-state index >= 15 is 0 Å². The van der Waals surface area contributed by atoms with Crippen molar-refractivity contribution in [3.8, 4) is 0 Å². The third kappa shape index (κ3) is 2.34. The minimum Gasteiger partial charge on any atom is -0.348 e. The number of imidazole rings is 1. The van der Waals surface area contributed by atoms with Crippen LogP contribution in [0.25, 0.3) is 0 Å². The predicted molar refractivity (Wildman–Crippen MR) is 61.7 cm³/mol. The van der Waals surface area contributed by atoms with Crippen LogP contribution in [-0.4, -0.2) is 9.97 Å². The lowest BCUT2D eigenvalue weighted by atomic mass is 10.1. The van der Waals surface area contributed by atoms with Crippen molar-refractivity contribution in [1.29, 1.82) is 0 Å². The summed E-state index contributed by atoms with van der Waals surface area (Å²) < 4.78 is 0. The predicted octanol–water partition coefficient (Wildman–Crippen LogP) is 2.73. The van der Waals surface area contributed by atoms with E-state index in [0.717, 1.165) is 18.5 Å². The van der Waals surface area contributed by atoms with Crippen LogP contribution in [0.3, 0.4) is 0 Å². The van der Waals surface area contributed by atoms with E-state index in [1.54, 1.807) is 6.33 Å². The maximum atomic E-state index is 4.28. The van der Waals surface area contributed by atoms with E-state index in [-0.39, 0.29) is 0 Å². The first kappa shape index (κ1) is 9.71. The maximum absolute atomic E-state index is 4.28. The van der Waals surface area contributed by atoms with E-state index in [2.05, 4.69) is 40.8 Å². The molecule has 0 bridgehead atoms. The zero-order valence-electron chi connectivity index (χ0n) is 8.61. The Bertz CT molecular complexity index is 429. The molecule has 1 N–H and O–H groups in total. The van der Waals surface area contributed by atoms with E-state index in [4.69, 9.17) is 0 Å². The molecule has 1 aromatic heterocycles. The van der Waals surface area contributed by atoms with Crippen molar-refractivity contribution in [1.82, 2.24) is 9.97 Å². The van der Waals surface area contributed by atoms with Gasteiger partial charge in [-0.05, 0) is 5.56 Å². The molecule has 0 radical (unpaired) electrons. The minimum absolute atomic E-state index is 0.825. The fourth-order valence-electron chi connectivity index (χ4n) is 1.62. The molecule has 0 aliphatic rings. The molecular formula is C13H14N2. The summed E-state index contributed by atoms with van der Waals surface area (Å²) in [5, 5.41) is 0. The number of benzene rings is 1. The van der Waals surface area contributed by atoms with Crippen LogP contribution in [0.1, 0.15) is 17.0 Å². The van der Waals surface area contributed by atoms with Crippen LogP contribution in [0.15, 0.2) is 49.3 Å². The van der Waals surface area contributed by atoms with Crippen LogP contribution in [-0.2, 0) is 12.8 Å². The number of allylic oxidation sites excluding steroid dienone is 1. The molecule has 0 aliphatic carbocycles. The molecule has 1 heterocycles. The van der Waals surface area contributed by atoms with Crippen LogP contribution in [0.4, 0.5) is 0 Å². The smallest absolute Gasteiger partial charge is 0.0925 e. The van der Waals surface area contributed by atoms with Gasteiger partial charge in [0.1, 0.15) is 0 Å². The lowest BCUT2D eigenvalue weighted by Crippen LogP contribution is -1.93. The molecule has 0 fully saturated rings. The fourth-order valence-corrected chi connectivity index (χ4v) is 1.62. The number of nitrogens with zero attached hydrogens (tertiary/aromatic N) is 1. The topological polar surface area (TPSA) is 28.7 Å². The van der Waals surface area contributed by atoms with Gasteiger partial charge in [0.15, 0.2) is 0 Å². The molecule has 15 heavy (non-hydrogen) atoms. The van der Waals surface area contributed by atoms with Gasteiger partial charge in [-0.25, -0.2) is 4.98 Å². The summed E-state index contributed by atoms with van der Waals surface area (Å²) in [7, 11) is 0. The largest absolute Gasteiger partial charge is 0.348 e. The van der Waals surface area contributed by atoms with E-state index in [0.29, 0.717) is 0 Å². The van der Waals surface area contributed by atoms with E-state index < -0.39 is 0 Å². The van der Waals surface area contributed by atoms with Gasteiger partial charge in [0.2, 0.25) is 0 Å². The lowest BCUT2D eigenvalue weighted by molar-refractivity contribution is 1.05. The number of aromatic nitrogens is 2. The molecule has 0 aliphatic heterocycles. The quantitative estimate of drug-likeness (QED) is 0.752. The van der Waals surface area contributed by atoms with Crippen LogP contribution >= 0.6 is 0 Å². The second-order valence-corrected chi connectivity index (χ2v) is 3.48. The normalized spacial score (nSPS) is 10.1. The van der Waals surface area contributed by atoms with Crippen molar-refractivity contribution < 1.29 is 0 Å². The van der Waals surface area contributed by atoms with Gasteiger partial charge in [0, 0.05) is 18.5 Å². The Balaban J connectivity index is 2.17. The Hall–Kier alpha value is -1.83. The third-order valence-corrected chi connectivity index (χ3v) is 2.37. The van der Waals surface area contributed by atoms with Gasteiger partial charge in [-0.3, -0.25) is 0 Å². The molecule has 0 saturated carbocycles. The number of hydrogen-bond acceptors (Lipinski definition) is 1. The molecule has 76 valence electrons. The highest BCUT2D eigenvalue weighted by atomic mass is 14.9. The third-order valence-electron chi connectivity index (χ3n) is 2.37. The molecular weight excluding hydrogens is 184 g/mol. The summed E-state index contributed by atoms with van der Waals surface area (Å²) >= 11 is 0. The first-order valence-corrected chi connectivity index (χ1v) is 5.06. The first-order chi connectivity index (χ1) is 7.40. The highest BCUT2D eigenvalue weighted by Gasteiger charge is 2.04. The van der Waals surface area contributed by atoms with Gasteiger partial charge in [-0.2, -0.15) is 0 Å². The maximum Gasteiger partial charge on any atom is 0.0925 e. The molecule has 2 heteroatoms. The summed E-state index contributed by atoms with van der Waals surface area (Å²) in [6, 6.07) is 10.4. The Kier molecular flexibility index (Phi) is 2.98. The highest BCUT2D eigenvalue weighted by molar-refractivity contribution is 5.24. The van der Waals surface area contributed by atoms with Crippen molar-refractivity contribution in [3.63, 3.8) is 0 Å². The Morgan fingerprint density at radius 3 is 2.80 bits per heavy atom. The number of aromatic amines is 1. The van der Waals surface area contributed by atoms with E-state index in [9.17, 15) is 0 Å². The van der Waals surface area contributed by atoms with Gasteiger partial charge < -0.3 is 4.98 Å². The van der Waals surface area contributed by atoms with Gasteiger partial charge in [0.25, 0.3) is 0 Å². The number of H-pyrrole nitrogens is 1. The number of nitrogens with one attached hydrogen (secondary N) is 1. The molecule has 0 amide bonds. The van der Waals surface area contributed by atoms with Crippen molar-refractivity contribution >= 4 is 0 Å². The average Bonchev–Trinajstić information content (AvgIpc) is 2.68. The van der Waals surface area contributed by atoms with Crippen LogP contribution in [0.5, 0.6) is 0 Å². The Morgan fingerprint density at radius 1 is 1.27 bits per heavy atom. The summed E-state index contributed by atoms with van der Waals surface area (Å²) in [5.41, 5.74) is 3.57. The van der Waals surface area contributed by atoms with Crippen molar-refractivity contribution in [2.45, 2.75) is 12.8 Å². The van der Waals surface area contributed by atoms with E-state index in [1.165, 1.54) is 11.3 Å². The van der Waals surface area contributed by atoms with Crippen LogP contribution < -0.4 is 0 Å². The SMILES string of the molecule is C=CCc1nc[nH]c1Cc1ccccc1. The summed E-state index contributed by atoms with van der Waals surface area (Å²) in [6.07, 6.45) is 5.36. The van der Waals surface area contributed by atoms with Gasteiger partial charge in [-0.1, -0.05) is 36.4 Å². The summed E-state index contributed by atoms with van der Waals surface area (Å²) in [6.45, 7) is 3.73. The molecule has 0 unspecified atom stereocenters. The average molecular weight is 198 g/mol. The molecule has 2 rings (SSSR count). The molecule has 0 saturated heterocycles. The first-order valence-electron chi connectivity index (χ1n) is 5.06. The molecule has 0 spiro atoms. The lowest BCUT2D eigenvalue weighted by Gasteiger charge is -2.00. The minimum atomic E-state index is 0.825. The van der Waals surface area contributed by atoms with Gasteiger partial charge in [-0.15, -0.1) is 6.58 Å². The second-order valence-electron chi connectivity index (χ2n) is 3.48. The van der Waals surface area contributed by atoms with Crippen LogP contribution in [0, 0.1) is 0 Å². The molecule has 2 aromatic rings. The monoisotopic (exact) mass is 198 g/mol. The van der Waals surface area contributed by atoms with E-state index in [1.807, 2.05) is 12.1 Å². The molecule has 0 atom stereocenters. The van der Waals surface area contributed by atoms with Crippen molar-refractivity contribution in [3.05, 3.63) is 66.3 Å². The Labute approximate surface area is 89.7 Å². The van der Waals surface area contributed by atoms with Crippen LogP contribution in [0.2, 0.25) is 0 Å². The number of hydrogen-bond donors (Lipinski definition) is 1. The van der Waals surface area contributed by atoms with Gasteiger partial charge >= 0.3 is 0 Å². The Morgan fingerprint density at radius 2 is 2.07 bits per heavy atom. The molecule has 1 aromatic carbocycles. The molecule has 2 nitrogen and oxygen atoms in total. The van der Waals surface area contributed by atoms with Crippen molar-refractivity contribution in [2.75, 3.05) is 0 Å². The van der Waals surface area contributed by atoms with Gasteiger partial charge in [0.05, 0.1) is 12.0 Å². The summed E-state index contributed by atoms with van der Waals surface area (Å²) in [5.74, 6) is 0. The second kappa shape index (κ2) is 4.60. The standard InChI is InChI=1S/C13H14N2/c1-2-6-12-13(15-10-14-12)9-11-7-4-3-5-8-11/h2-5,7-8,10H,1,6,9H2,(H,14,15). The fraction of sp³-hybridized carbons (Fsp3) is 0.154. The summed E-state index contributed by atoms with van der Waals surface area (Å²) in [4.78, 5) is 7.46. The number of rotatable bonds is 4. The van der Waals surface area contributed by atoms with Crippen molar-refractivity contribution in [2.24, 2.45) is 0 Å². The zero-order valence-corrected chi connectivity index (χ0v) is 8.61.